The predicted molar refractivity (Wildman–Crippen MR) is 71.6 cm³/mol. The zero-order valence-corrected chi connectivity index (χ0v) is 11.6. The Kier molecular flexibility index (Phi) is 4.62. The molecule has 2 rings (SSSR count). The molecule has 2 saturated carbocycles. The minimum absolute atomic E-state index is 0.0439. The summed E-state index contributed by atoms with van der Waals surface area (Å²) in [5, 5.41) is 9.01. The van der Waals surface area contributed by atoms with Gasteiger partial charge in [0.15, 0.2) is 0 Å². The maximum absolute atomic E-state index is 12.6. The van der Waals surface area contributed by atoms with E-state index < -0.39 is 17.8 Å². The van der Waals surface area contributed by atoms with Gasteiger partial charge in [-0.2, -0.15) is 0 Å². The molecule has 6 nitrogen and oxygen atoms in total. The molecule has 0 aromatic carbocycles. The van der Waals surface area contributed by atoms with Gasteiger partial charge in [0.05, 0.1) is 12.5 Å². The van der Waals surface area contributed by atoms with Crippen molar-refractivity contribution in [2.24, 2.45) is 17.6 Å². The molecule has 0 aliphatic heterocycles. The fraction of sp³-hybridized carbons (Fsp3) is 0.786. The molecule has 2 unspecified atom stereocenters. The summed E-state index contributed by atoms with van der Waals surface area (Å²) in [5.74, 6) is -2.11. The van der Waals surface area contributed by atoms with Crippen molar-refractivity contribution >= 4 is 17.8 Å². The van der Waals surface area contributed by atoms with Gasteiger partial charge in [-0.05, 0) is 32.1 Å². The van der Waals surface area contributed by atoms with Crippen LogP contribution in [0.15, 0.2) is 0 Å². The van der Waals surface area contributed by atoms with Crippen LogP contribution in [0.25, 0.3) is 0 Å². The smallest absolute Gasteiger partial charge is 0.306 e. The van der Waals surface area contributed by atoms with E-state index in [1.165, 1.54) is 0 Å². The number of carbonyl (C=O) groups is 3. The molecule has 2 amide bonds. The van der Waals surface area contributed by atoms with E-state index in [0.717, 1.165) is 25.7 Å². The average Bonchev–Trinajstić information content (AvgIpc) is 3.05. The van der Waals surface area contributed by atoms with Crippen LogP contribution in [0.4, 0.5) is 0 Å². The first kappa shape index (κ1) is 14.8. The summed E-state index contributed by atoms with van der Waals surface area (Å²) in [6.07, 6.45) is 5.47. The normalized spacial score (nSPS) is 26.6. The number of hydrogen-bond acceptors (Lipinski definition) is 3. The van der Waals surface area contributed by atoms with Crippen molar-refractivity contribution in [3.05, 3.63) is 0 Å². The van der Waals surface area contributed by atoms with Crippen LogP contribution < -0.4 is 5.73 Å². The molecule has 2 fully saturated rings. The quantitative estimate of drug-likeness (QED) is 0.776. The second kappa shape index (κ2) is 6.24. The second-order valence-corrected chi connectivity index (χ2v) is 5.92. The largest absolute Gasteiger partial charge is 0.481 e. The van der Waals surface area contributed by atoms with Crippen molar-refractivity contribution in [3.63, 3.8) is 0 Å². The molecular formula is C14H22N2O4. The third kappa shape index (κ3) is 3.29. The Hall–Kier alpha value is -1.59. The van der Waals surface area contributed by atoms with Crippen molar-refractivity contribution in [1.29, 1.82) is 0 Å². The Morgan fingerprint density at radius 2 is 1.65 bits per heavy atom. The van der Waals surface area contributed by atoms with Crippen LogP contribution in [-0.4, -0.2) is 40.4 Å². The molecule has 0 radical (unpaired) electrons. The van der Waals surface area contributed by atoms with E-state index >= 15 is 0 Å². The van der Waals surface area contributed by atoms with Gasteiger partial charge in [0.25, 0.3) is 0 Å². The Morgan fingerprint density at radius 1 is 1.05 bits per heavy atom. The van der Waals surface area contributed by atoms with Gasteiger partial charge in [0, 0.05) is 12.0 Å². The Balaban J connectivity index is 2.02. The standard InChI is InChI=1S/C14H22N2O4/c15-12(17)8-16(11-3-1-2-4-11)13(18)9-5-6-10(7-9)14(19)20/h9-11H,1-8H2,(H2,15,17)(H,19,20). The molecule has 0 bridgehead atoms. The molecule has 2 aliphatic rings. The average molecular weight is 282 g/mol. The summed E-state index contributed by atoms with van der Waals surface area (Å²) in [4.78, 5) is 36.3. The topological polar surface area (TPSA) is 101 Å². The van der Waals surface area contributed by atoms with Crippen LogP contribution in [0.1, 0.15) is 44.9 Å². The van der Waals surface area contributed by atoms with Crippen molar-refractivity contribution in [2.45, 2.75) is 51.0 Å². The highest BCUT2D eigenvalue weighted by Gasteiger charge is 2.38. The van der Waals surface area contributed by atoms with Gasteiger partial charge >= 0.3 is 5.97 Å². The summed E-state index contributed by atoms with van der Waals surface area (Å²) in [5.41, 5.74) is 5.25. The van der Waals surface area contributed by atoms with Gasteiger partial charge in [-0.25, -0.2) is 0 Å². The van der Waals surface area contributed by atoms with E-state index in [2.05, 4.69) is 0 Å². The lowest BCUT2D eigenvalue weighted by Gasteiger charge is -2.30. The highest BCUT2D eigenvalue weighted by atomic mass is 16.4. The fourth-order valence-electron chi connectivity index (χ4n) is 3.44. The number of carboxylic acids is 1. The second-order valence-electron chi connectivity index (χ2n) is 5.92. The van der Waals surface area contributed by atoms with E-state index in [4.69, 9.17) is 10.8 Å². The highest BCUT2D eigenvalue weighted by molar-refractivity contribution is 5.86. The van der Waals surface area contributed by atoms with Gasteiger partial charge in [-0.1, -0.05) is 12.8 Å². The fourth-order valence-corrected chi connectivity index (χ4v) is 3.44. The third-order valence-electron chi connectivity index (χ3n) is 4.51. The lowest BCUT2D eigenvalue weighted by atomic mass is 10.0. The number of hydrogen-bond donors (Lipinski definition) is 2. The molecule has 0 heterocycles. The number of aliphatic carboxylic acids is 1. The lowest BCUT2D eigenvalue weighted by Crippen LogP contribution is -2.46. The van der Waals surface area contributed by atoms with Crippen LogP contribution in [-0.2, 0) is 14.4 Å². The van der Waals surface area contributed by atoms with Crippen LogP contribution in [0.3, 0.4) is 0 Å². The maximum atomic E-state index is 12.6. The Morgan fingerprint density at radius 3 is 2.15 bits per heavy atom. The summed E-state index contributed by atoms with van der Waals surface area (Å²) < 4.78 is 0. The molecule has 0 saturated heterocycles. The van der Waals surface area contributed by atoms with Crippen molar-refractivity contribution in [1.82, 2.24) is 4.90 Å². The van der Waals surface area contributed by atoms with Gasteiger partial charge in [0.2, 0.25) is 11.8 Å². The minimum Gasteiger partial charge on any atom is -0.481 e. The molecule has 112 valence electrons. The minimum atomic E-state index is -0.831. The zero-order valence-electron chi connectivity index (χ0n) is 11.6. The molecular weight excluding hydrogens is 260 g/mol. The lowest BCUT2D eigenvalue weighted by molar-refractivity contribution is -0.143. The molecule has 0 spiro atoms. The third-order valence-corrected chi connectivity index (χ3v) is 4.51. The molecule has 20 heavy (non-hydrogen) atoms. The first-order chi connectivity index (χ1) is 9.49. The number of amides is 2. The number of rotatable bonds is 5. The first-order valence-corrected chi connectivity index (χ1v) is 7.30. The van der Waals surface area contributed by atoms with Crippen LogP contribution in [0.5, 0.6) is 0 Å². The summed E-state index contributed by atoms with van der Waals surface area (Å²) in [6.45, 7) is -0.0439. The van der Waals surface area contributed by atoms with Gasteiger partial charge in [-0.15, -0.1) is 0 Å². The molecule has 6 heteroatoms. The number of carbonyl (C=O) groups excluding carboxylic acids is 2. The molecule has 2 aliphatic carbocycles. The van der Waals surface area contributed by atoms with E-state index in [0.29, 0.717) is 19.3 Å². The molecule has 0 aromatic heterocycles. The van der Waals surface area contributed by atoms with E-state index in [9.17, 15) is 14.4 Å². The van der Waals surface area contributed by atoms with Crippen LogP contribution in [0, 0.1) is 11.8 Å². The predicted octanol–water partition coefficient (Wildman–Crippen LogP) is 0.744. The van der Waals surface area contributed by atoms with Crippen molar-refractivity contribution in [3.8, 4) is 0 Å². The van der Waals surface area contributed by atoms with Gasteiger partial charge in [-0.3, -0.25) is 14.4 Å². The van der Waals surface area contributed by atoms with Crippen molar-refractivity contribution in [2.75, 3.05) is 6.54 Å². The number of nitrogens with two attached hydrogens (primary N) is 1. The highest BCUT2D eigenvalue weighted by Crippen LogP contribution is 2.34. The first-order valence-electron chi connectivity index (χ1n) is 7.30. The molecule has 3 N–H and O–H groups in total. The van der Waals surface area contributed by atoms with Crippen LogP contribution >= 0.6 is 0 Å². The number of carboxylic acid groups (broad SMARTS) is 1. The summed E-state index contributed by atoms with van der Waals surface area (Å²) >= 11 is 0. The molecule has 0 aromatic rings. The van der Waals surface area contributed by atoms with Gasteiger partial charge in [0.1, 0.15) is 0 Å². The zero-order chi connectivity index (χ0) is 14.7. The Bertz CT molecular complexity index is 404. The van der Waals surface area contributed by atoms with E-state index in [-0.39, 0.29) is 24.4 Å². The van der Waals surface area contributed by atoms with Gasteiger partial charge < -0.3 is 15.7 Å². The Labute approximate surface area is 118 Å². The molecule has 2 atom stereocenters. The van der Waals surface area contributed by atoms with E-state index in [1.807, 2.05) is 0 Å². The van der Waals surface area contributed by atoms with E-state index in [1.54, 1.807) is 4.90 Å². The summed E-state index contributed by atoms with van der Waals surface area (Å²) in [6, 6.07) is 0.0962. The SMILES string of the molecule is NC(=O)CN(C(=O)C1CCC(C(=O)O)C1)C1CCCC1. The van der Waals surface area contributed by atoms with Crippen LogP contribution in [0.2, 0.25) is 0 Å². The van der Waals surface area contributed by atoms with Crippen molar-refractivity contribution < 1.29 is 19.5 Å². The summed E-state index contributed by atoms with van der Waals surface area (Å²) in [7, 11) is 0. The number of primary amides is 1. The maximum Gasteiger partial charge on any atom is 0.306 e. The number of nitrogens with zero attached hydrogens (tertiary/aromatic N) is 1. The monoisotopic (exact) mass is 282 g/mol.